The lowest BCUT2D eigenvalue weighted by Crippen LogP contribution is -2.41. The van der Waals surface area contributed by atoms with Crippen LogP contribution in [0.25, 0.3) is 0 Å². The number of nitrogens with zero attached hydrogens (tertiary/aromatic N) is 4. The summed E-state index contributed by atoms with van der Waals surface area (Å²) in [4.78, 5) is 15.0. The summed E-state index contributed by atoms with van der Waals surface area (Å²) in [7, 11) is 1.74. The van der Waals surface area contributed by atoms with Crippen LogP contribution in [0.3, 0.4) is 0 Å². The minimum Gasteiger partial charge on any atom is -0.385 e. The molecule has 0 aromatic carbocycles. The first-order chi connectivity index (χ1) is 12.1. The van der Waals surface area contributed by atoms with Crippen molar-refractivity contribution in [3.05, 3.63) is 22.5 Å². The number of halogens is 1. The summed E-state index contributed by atoms with van der Waals surface area (Å²) >= 11 is 0. The van der Waals surface area contributed by atoms with Gasteiger partial charge in [0.05, 0.1) is 11.5 Å². The fourth-order valence-corrected chi connectivity index (χ4v) is 2.93. The number of aromatic nitrogens is 2. The van der Waals surface area contributed by atoms with Crippen LogP contribution in [0.4, 0.5) is 5.69 Å². The second kappa shape index (κ2) is 11.3. The van der Waals surface area contributed by atoms with Gasteiger partial charge in [0.25, 0.3) is 0 Å². The van der Waals surface area contributed by atoms with Crippen LogP contribution in [0.2, 0.25) is 0 Å². The van der Waals surface area contributed by atoms with Crippen molar-refractivity contribution in [1.29, 1.82) is 0 Å². The third-order valence-electron chi connectivity index (χ3n) is 4.63. The summed E-state index contributed by atoms with van der Waals surface area (Å²) in [6, 6.07) is 0. The molecule has 1 saturated carbocycles. The second-order valence-electron chi connectivity index (χ2n) is 6.44. The van der Waals surface area contributed by atoms with Crippen LogP contribution in [0.1, 0.15) is 32.6 Å². The van der Waals surface area contributed by atoms with Gasteiger partial charge in [-0.3, -0.25) is 19.8 Å². The molecule has 0 atom stereocenters. The summed E-state index contributed by atoms with van der Waals surface area (Å²) in [5.74, 6) is 0.771. The average molecular weight is 480 g/mol. The van der Waals surface area contributed by atoms with Crippen LogP contribution >= 0.6 is 24.0 Å². The fraction of sp³-hybridized carbons (Fsp3) is 0.750. The number of hydrogen-bond acceptors (Lipinski definition) is 5. The molecule has 0 aliphatic heterocycles. The standard InChI is InChI=1S/C16H28N6O3.HI/c1-3-17-15(19-13-16(5-4-6-16)7-10-25-2)18-8-9-21-12-14(11-20-21)22(23)24;/h11-12H,3-10,13H2,1-2H3,(H2,17,18,19);1H. The van der Waals surface area contributed by atoms with Gasteiger partial charge < -0.3 is 15.4 Å². The van der Waals surface area contributed by atoms with E-state index in [1.807, 2.05) is 6.92 Å². The lowest BCUT2D eigenvalue weighted by atomic mass is 9.67. The fourth-order valence-electron chi connectivity index (χ4n) is 2.93. The van der Waals surface area contributed by atoms with Gasteiger partial charge >= 0.3 is 5.69 Å². The normalized spacial score (nSPS) is 15.7. The number of ether oxygens (including phenoxy) is 1. The Bertz CT molecular complexity index is 588. The maximum absolute atomic E-state index is 10.7. The first-order valence-electron chi connectivity index (χ1n) is 8.76. The molecule has 1 fully saturated rings. The highest BCUT2D eigenvalue weighted by molar-refractivity contribution is 14.0. The van der Waals surface area contributed by atoms with Crippen molar-refractivity contribution in [1.82, 2.24) is 20.4 Å². The molecule has 0 radical (unpaired) electrons. The summed E-state index contributed by atoms with van der Waals surface area (Å²) in [5.41, 5.74) is 0.284. The zero-order valence-electron chi connectivity index (χ0n) is 15.4. The summed E-state index contributed by atoms with van der Waals surface area (Å²) < 4.78 is 6.78. The van der Waals surface area contributed by atoms with E-state index < -0.39 is 4.92 Å². The Kier molecular flexibility index (Phi) is 9.84. The van der Waals surface area contributed by atoms with Gasteiger partial charge in [-0.2, -0.15) is 5.10 Å². The van der Waals surface area contributed by atoms with Crippen LogP contribution in [-0.4, -0.2) is 54.0 Å². The van der Waals surface area contributed by atoms with Crippen molar-refractivity contribution in [3.63, 3.8) is 0 Å². The smallest absolute Gasteiger partial charge is 0.306 e. The molecule has 0 bridgehead atoms. The van der Waals surface area contributed by atoms with Crippen LogP contribution < -0.4 is 10.6 Å². The van der Waals surface area contributed by atoms with Gasteiger partial charge in [0.15, 0.2) is 5.96 Å². The lowest BCUT2D eigenvalue weighted by molar-refractivity contribution is -0.385. The molecule has 1 heterocycles. The number of nitro groups is 1. The Hall–Kier alpha value is -1.43. The molecule has 2 rings (SSSR count). The van der Waals surface area contributed by atoms with Crippen molar-refractivity contribution in [2.75, 3.05) is 33.4 Å². The van der Waals surface area contributed by atoms with E-state index in [4.69, 9.17) is 9.73 Å². The molecule has 148 valence electrons. The number of methoxy groups -OCH3 is 1. The largest absolute Gasteiger partial charge is 0.385 e. The summed E-state index contributed by atoms with van der Waals surface area (Å²) in [5, 5.41) is 21.2. The predicted molar refractivity (Wildman–Crippen MR) is 111 cm³/mol. The Morgan fingerprint density at radius 3 is 2.81 bits per heavy atom. The molecule has 26 heavy (non-hydrogen) atoms. The van der Waals surface area contributed by atoms with Gasteiger partial charge in [-0.1, -0.05) is 6.42 Å². The number of hydrogen-bond donors (Lipinski definition) is 2. The third kappa shape index (κ3) is 6.71. The van der Waals surface area contributed by atoms with Crippen LogP contribution in [-0.2, 0) is 11.3 Å². The van der Waals surface area contributed by atoms with E-state index in [9.17, 15) is 10.1 Å². The molecule has 1 aromatic heterocycles. The molecule has 1 aliphatic rings. The van der Waals surface area contributed by atoms with Crippen LogP contribution in [0.5, 0.6) is 0 Å². The summed E-state index contributed by atoms with van der Waals surface area (Å²) in [6.07, 6.45) is 7.41. The maximum Gasteiger partial charge on any atom is 0.306 e. The molecule has 0 amide bonds. The Morgan fingerprint density at radius 1 is 1.50 bits per heavy atom. The highest BCUT2D eigenvalue weighted by Gasteiger charge is 2.36. The van der Waals surface area contributed by atoms with E-state index in [2.05, 4.69) is 15.7 Å². The van der Waals surface area contributed by atoms with Crippen molar-refractivity contribution in [2.45, 2.75) is 39.2 Å². The predicted octanol–water partition coefficient (Wildman–Crippen LogP) is 2.17. The Labute approximate surface area is 171 Å². The van der Waals surface area contributed by atoms with Crippen molar-refractivity contribution < 1.29 is 9.66 Å². The first-order valence-corrected chi connectivity index (χ1v) is 8.76. The molecule has 0 saturated heterocycles. The van der Waals surface area contributed by atoms with Crippen LogP contribution in [0.15, 0.2) is 17.4 Å². The monoisotopic (exact) mass is 480 g/mol. The third-order valence-corrected chi connectivity index (χ3v) is 4.63. The molecular weight excluding hydrogens is 451 g/mol. The van der Waals surface area contributed by atoms with Gasteiger partial charge in [-0.15, -0.1) is 24.0 Å². The van der Waals surface area contributed by atoms with Crippen molar-refractivity contribution in [3.8, 4) is 0 Å². The van der Waals surface area contributed by atoms with Gasteiger partial charge in [0.2, 0.25) is 0 Å². The van der Waals surface area contributed by atoms with E-state index in [1.165, 1.54) is 31.7 Å². The molecule has 2 N–H and O–H groups in total. The Morgan fingerprint density at radius 2 is 2.27 bits per heavy atom. The first kappa shape index (κ1) is 22.6. The maximum atomic E-state index is 10.7. The molecule has 10 heteroatoms. The zero-order valence-corrected chi connectivity index (χ0v) is 17.8. The zero-order chi connectivity index (χ0) is 18.1. The molecular formula is C16H29IN6O3. The molecule has 0 unspecified atom stereocenters. The van der Waals surface area contributed by atoms with Gasteiger partial charge in [0, 0.05) is 33.4 Å². The highest BCUT2D eigenvalue weighted by Crippen LogP contribution is 2.44. The number of nitrogens with one attached hydrogen (secondary N) is 2. The van der Waals surface area contributed by atoms with E-state index in [0.717, 1.165) is 32.1 Å². The molecule has 0 spiro atoms. The Balaban J connectivity index is 0.00000338. The topological polar surface area (TPSA) is 107 Å². The van der Waals surface area contributed by atoms with Gasteiger partial charge in [0.1, 0.15) is 12.4 Å². The van der Waals surface area contributed by atoms with Crippen molar-refractivity contribution in [2.24, 2.45) is 10.4 Å². The SMILES string of the molecule is CCNC(=NCC1(CCOC)CCC1)NCCn1cc([N+](=O)[O-])cn1.I. The van der Waals surface area contributed by atoms with E-state index >= 15 is 0 Å². The van der Waals surface area contributed by atoms with E-state index in [0.29, 0.717) is 13.1 Å². The second-order valence-corrected chi connectivity index (χ2v) is 6.44. The highest BCUT2D eigenvalue weighted by atomic mass is 127. The van der Waals surface area contributed by atoms with Crippen molar-refractivity contribution >= 4 is 35.6 Å². The van der Waals surface area contributed by atoms with Crippen LogP contribution in [0, 0.1) is 15.5 Å². The minimum absolute atomic E-state index is 0. The number of rotatable bonds is 10. The minimum atomic E-state index is -0.444. The lowest BCUT2D eigenvalue weighted by Gasteiger charge is -2.40. The molecule has 1 aliphatic carbocycles. The molecule has 9 nitrogen and oxygen atoms in total. The number of guanidine groups is 1. The number of aliphatic imine (C=N–C) groups is 1. The van der Waals surface area contributed by atoms with E-state index in [1.54, 1.807) is 11.8 Å². The molecule has 1 aromatic rings. The summed E-state index contributed by atoms with van der Waals surface area (Å²) in [6.45, 7) is 5.50. The van der Waals surface area contributed by atoms with E-state index in [-0.39, 0.29) is 35.1 Å². The average Bonchev–Trinajstić information content (AvgIpc) is 3.02. The quantitative estimate of drug-likeness (QED) is 0.175. The van der Waals surface area contributed by atoms with Gasteiger partial charge in [-0.25, -0.2) is 0 Å². The van der Waals surface area contributed by atoms with Gasteiger partial charge in [-0.05, 0) is 31.6 Å².